The van der Waals surface area contributed by atoms with Crippen LogP contribution in [-0.4, -0.2) is 26.6 Å². The smallest absolute Gasteiger partial charge is 0.212 e. The summed E-state index contributed by atoms with van der Waals surface area (Å²) in [4.78, 5) is 18.3. The van der Waals surface area contributed by atoms with E-state index in [-0.39, 0.29) is 0 Å². The van der Waals surface area contributed by atoms with E-state index >= 15 is 0 Å². The number of aryl methyl sites for hydroxylation is 1. The molecule has 13 heavy (non-hydrogen) atoms. The average Bonchev–Trinajstić information content (AvgIpc) is 2.49. The summed E-state index contributed by atoms with van der Waals surface area (Å²) in [6, 6.07) is 0. The molecule has 66 valence electrons. The summed E-state index contributed by atoms with van der Waals surface area (Å²) >= 11 is 0. The number of nitrogens with one attached hydrogen (secondary N) is 2. The Morgan fingerprint density at radius 3 is 3.23 bits per heavy atom. The Labute approximate surface area is 73.4 Å². The van der Waals surface area contributed by atoms with Crippen molar-refractivity contribution >= 4 is 23.4 Å². The Balaban J connectivity index is 2.58. The molecule has 0 radical (unpaired) electrons. The second-order valence-electron chi connectivity index (χ2n) is 2.54. The van der Waals surface area contributed by atoms with Crippen LogP contribution in [0.15, 0.2) is 6.20 Å². The van der Waals surface area contributed by atoms with Crippen molar-refractivity contribution in [2.45, 2.75) is 6.92 Å². The van der Waals surface area contributed by atoms with Crippen molar-refractivity contribution in [1.29, 1.82) is 0 Å². The topological polar surface area (TPSA) is 83.6 Å². The highest BCUT2D eigenvalue weighted by Crippen LogP contribution is 2.11. The fourth-order valence-electron chi connectivity index (χ4n) is 1.04. The summed E-state index contributed by atoms with van der Waals surface area (Å²) in [5, 5.41) is 9.08. The average molecular weight is 177 g/mol. The molecule has 0 aliphatic rings. The first kappa shape index (κ1) is 7.66. The Morgan fingerprint density at radius 1 is 1.62 bits per heavy atom. The maximum absolute atomic E-state index is 10.1. The maximum Gasteiger partial charge on any atom is 0.212 e. The fourth-order valence-corrected chi connectivity index (χ4v) is 1.04. The molecule has 0 aliphatic carbocycles. The minimum atomic E-state index is 0.423. The summed E-state index contributed by atoms with van der Waals surface area (Å²) in [7, 11) is 0. The molecule has 2 N–H and O–H groups in total. The zero-order chi connectivity index (χ0) is 9.26. The summed E-state index contributed by atoms with van der Waals surface area (Å²) in [5.41, 5.74) is 2.05. The van der Waals surface area contributed by atoms with Crippen molar-refractivity contribution in [3.05, 3.63) is 11.9 Å². The second kappa shape index (κ2) is 2.81. The Hall–Kier alpha value is -1.98. The molecule has 0 unspecified atom stereocenters. The van der Waals surface area contributed by atoms with Crippen LogP contribution in [0, 0.1) is 6.92 Å². The molecule has 0 aromatic carbocycles. The van der Waals surface area contributed by atoms with Crippen molar-refractivity contribution in [3.8, 4) is 0 Å². The number of hydrogen-bond acceptors (Lipinski definition) is 4. The van der Waals surface area contributed by atoms with E-state index in [4.69, 9.17) is 0 Å². The van der Waals surface area contributed by atoms with Crippen molar-refractivity contribution in [1.82, 2.24) is 20.2 Å². The lowest BCUT2D eigenvalue weighted by Gasteiger charge is -1.95. The first-order chi connectivity index (χ1) is 6.31. The lowest BCUT2D eigenvalue weighted by atomic mass is 10.4. The van der Waals surface area contributed by atoms with Gasteiger partial charge in [-0.15, -0.1) is 0 Å². The highest BCUT2D eigenvalue weighted by Gasteiger charge is 2.04. The molecule has 0 spiro atoms. The third kappa shape index (κ3) is 1.22. The van der Waals surface area contributed by atoms with Gasteiger partial charge in [0, 0.05) is 0 Å². The van der Waals surface area contributed by atoms with E-state index in [0.29, 0.717) is 23.4 Å². The normalized spacial score (nSPS) is 10.2. The Morgan fingerprint density at radius 2 is 2.46 bits per heavy atom. The summed E-state index contributed by atoms with van der Waals surface area (Å²) in [6.07, 6.45) is 2.02. The molecule has 0 saturated heterocycles. The largest absolute Gasteiger partial charge is 0.312 e. The van der Waals surface area contributed by atoms with Crippen LogP contribution in [0.25, 0.3) is 11.2 Å². The quantitative estimate of drug-likeness (QED) is 0.643. The van der Waals surface area contributed by atoms with Crippen LogP contribution in [0.5, 0.6) is 0 Å². The molecular weight excluding hydrogens is 170 g/mol. The predicted molar refractivity (Wildman–Crippen MR) is 46.1 cm³/mol. The van der Waals surface area contributed by atoms with E-state index in [0.717, 1.165) is 5.69 Å². The van der Waals surface area contributed by atoms with Crippen LogP contribution in [-0.2, 0) is 4.79 Å². The van der Waals surface area contributed by atoms with Gasteiger partial charge in [0.25, 0.3) is 0 Å². The number of fused-ring (bicyclic) bond motifs is 1. The molecule has 2 heterocycles. The van der Waals surface area contributed by atoms with Gasteiger partial charge in [-0.3, -0.25) is 9.89 Å². The summed E-state index contributed by atoms with van der Waals surface area (Å²) < 4.78 is 0. The Kier molecular flexibility index (Phi) is 1.66. The van der Waals surface area contributed by atoms with E-state index in [9.17, 15) is 4.79 Å². The molecule has 0 fully saturated rings. The van der Waals surface area contributed by atoms with E-state index in [2.05, 4.69) is 25.5 Å². The number of amides is 1. The van der Waals surface area contributed by atoms with Crippen molar-refractivity contribution in [2.75, 3.05) is 5.32 Å². The Bertz CT molecular complexity index is 449. The summed E-state index contributed by atoms with van der Waals surface area (Å²) in [5.74, 6) is 0.423. The lowest BCUT2D eigenvalue weighted by molar-refractivity contribution is -0.105. The van der Waals surface area contributed by atoms with Crippen LogP contribution < -0.4 is 5.32 Å². The van der Waals surface area contributed by atoms with Crippen LogP contribution in [0.3, 0.4) is 0 Å². The summed E-state index contributed by atoms with van der Waals surface area (Å²) in [6.45, 7) is 1.84. The standard InChI is InChI=1S/C7H7N5O/c1-4-6-7(12-11-4)8-2-5(10-6)9-3-13/h2-3H,1H3,(H,8,11,12)(H,9,10,13). The second-order valence-corrected chi connectivity index (χ2v) is 2.54. The number of anilines is 1. The zero-order valence-electron chi connectivity index (χ0n) is 6.90. The minimum absolute atomic E-state index is 0.423. The number of H-pyrrole nitrogens is 1. The first-order valence-electron chi connectivity index (χ1n) is 3.69. The van der Waals surface area contributed by atoms with Gasteiger partial charge < -0.3 is 5.32 Å². The van der Waals surface area contributed by atoms with Crippen LogP contribution in [0.4, 0.5) is 5.82 Å². The minimum Gasteiger partial charge on any atom is -0.312 e. The zero-order valence-corrected chi connectivity index (χ0v) is 6.90. The van der Waals surface area contributed by atoms with E-state index < -0.39 is 0 Å². The maximum atomic E-state index is 10.1. The SMILES string of the molecule is Cc1[nH]nc2ncc(NC=O)nc12. The number of nitrogens with zero attached hydrogens (tertiary/aromatic N) is 3. The molecule has 0 aliphatic heterocycles. The van der Waals surface area contributed by atoms with Crippen LogP contribution in [0.1, 0.15) is 5.69 Å². The highest BCUT2D eigenvalue weighted by molar-refractivity contribution is 5.76. The van der Waals surface area contributed by atoms with Gasteiger partial charge in [0.05, 0.1) is 11.9 Å². The first-order valence-corrected chi connectivity index (χ1v) is 3.69. The van der Waals surface area contributed by atoms with Gasteiger partial charge in [-0.2, -0.15) is 5.10 Å². The van der Waals surface area contributed by atoms with Gasteiger partial charge in [0.1, 0.15) is 5.52 Å². The number of carbonyl (C=O) groups is 1. The fraction of sp³-hybridized carbons (Fsp3) is 0.143. The molecule has 2 aromatic rings. The van der Waals surface area contributed by atoms with E-state index in [1.54, 1.807) is 0 Å². The molecular formula is C7H7N5O. The monoisotopic (exact) mass is 177 g/mol. The molecule has 2 rings (SSSR count). The number of carbonyl (C=O) groups excluding carboxylic acids is 1. The van der Waals surface area contributed by atoms with Gasteiger partial charge >= 0.3 is 0 Å². The molecule has 0 bridgehead atoms. The molecule has 6 nitrogen and oxygen atoms in total. The molecule has 1 amide bonds. The molecule has 0 atom stereocenters. The molecule has 6 heteroatoms. The molecule has 0 saturated carbocycles. The number of hydrogen-bond donors (Lipinski definition) is 2. The van der Waals surface area contributed by atoms with E-state index in [1.807, 2.05) is 6.92 Å². The van der Waals surface area contributed by atoms with Gasteiger partial charge in [-0.25, -0.2) is 9.97 Å². The van der Waals surface area contributed by atoms with Crippen molar-refractivity contribution in [3.63, 3.8) is 0 Å². The molecule has 2 aromatic heterocycles. The van der Waals surface area contributed by atoms with Gasteiger partial charge in [0.2, 0.25) is 6.41 Å². The van der Waals surface area contributed by atoms with Crippen LogP contribution in [0.2, 0.25) is 0 Å². The van der Waals surface area contributed by atoms with Gasteiger partial charge in [-0.05, 0) is 6.92 Å². The predicted octanol–water partition coefficient (Wildman–Crippen LogP) is 0.230. The van der Waals surface area contributed by atoms with Gasteiger partial charge in [-0.1, -0.05) is 0 Å². The number of rotatable bonds is 2. The highest BCUT2D eigenvalue weighted by atomic mass is 16.1. The van der Waals surface area contributed by atoms with E-state index in [1.165, 1.54) is 6.20 Å². The van der Waals surface area contributed by atoms with Crippen LogP contribution >= 0.6 is 0 Å². The van der Waals surface area contributed by atoms with Crippen molar-refractivity contribution < 1.29 is 4.79 Å². The van der Waals surface area contributed by atoms with Crippen molar-refractivity contribution in [2.24, 2.45) is 0 Å². The number of aromatic nitrogens is 4. The third-order valence-electron chi connectivity index (χ3n) is 1.64. The third-order valence-corrected chi connectivity index (χ3v) is 1.64. The number of aromatic amines is 1. The van der Waals surface area contributed by atoms with Gasteiger partial charge in [0.15, 0.2) is 11.5 Å². The lowest BCUT2D eigenvalue weighted by Crippen LogP contribution is -1.97.